The lowest BCUT2D eigenvalue weighted by atomic mass is 10.2. The summed E-state index contributed by atoms with van der Waals surface area (Å²) in [5.74, 6) is 0. The minimum Gasteiger partial charge on any atom is -0.221 e. The Balaban J connectivity index is 3.54. The molecule has 1 aromatic rings. The van der Waals surface area contributed by atoms with Gasteiger partial charge in [0.25, 0.3) is 0 Å². The molecule has 0 radical (unpaired) electrons. The van der Waals surface area contributed by atoms with Crippen LogP contribution in [0, 0.1) is 18.3 Å². The smallest absolute Gasteiger partial charge is 0.149 e. The first-order valence-electron chi connectivity index (χ1n) is 2.99. The van der Waals surface area contributed by atoms with Gasteiger partial charge in [-0.05, 0) is 12.5 Å². The summed E-state index contributed by atoms with van der Waals surface area (Å²) in [6.45, 7) is 1.67. The van der Waals surface area contributed by atoms with Crippen LogP contribution in [-0.2, 0) is 0 Å². The van der Waals surface area contributed by atoms with Crippen molar-refractivity contribution >= 4 is 34.8 Å². The molecule has 0 aliphatic heterocycles. The molecule has 1 rings (SSSR count). The summed E-state index contributed by atoms with van der Waals surface area (Å²) in [7, 11) is 0. The molecule has 0 fully saturated rings. The monoisotopic (exact) mass is 220 g/mol. The molecule has 0 bridgehead atoms. The molecule has 0 amide bonds. The number of hydrogen-bond donors (Lipinski definition) is 0. The van der Waals surface area contributed by atoms with Gasteiger partial charge in [0.15, 0.2) is 0 Å². The lowest BCUT2D eigenvalue weighted by molar-refractivity contribution is 1.25. The average Bonchev–Trinajstić information content (AvgIpc) is 2.01. The van der Waals surface area contributed by atoms with E-state index in [1.807, 2.05) is 6.07 Å². The maximum Gasteiger partial charge on any atom is 0.149 e. The van der Waals surface area contributed by atoms with Gasteiger partial charge in [-0.15, -0.1) is 0 Å². The second kappa shape index (κ2) is 3.49. The van der Waals surface area contributed by atoms with E-state index < -0.39 is 0 Å². The van der Waals surface area contributed by atoms with Crippen molar-refractivity contribution < 1.29 is 0 Å². The predicted molar refractivity (Wildman–Crippen MR) is 48.7 cm³/mol. The van der Waals surface area contributed by atoms with Gasteiger partial charge in [0.1, 0.15) is 16.4 Å². The Morgan fingerprint density at radius 2 is 1.83 bits per heavy atom. The summed E-state index contributed by atoms with van der Waals surface area (Å²) in [4.78, 5) is 3.68. The van der Waals surface area contributed by atoms with Crippen LogP contribution in [0.4, 0.5) is 0 Å². The van der Waals surface area contributed by atoms with E-state index in [-0.39, 0.29) is 20.9 Å². The molecular weight excluding hydrogens is 218 g/mol. The third-order valence-electron chi connectivity index (χ3n) is 1.40. The summed E-state index contributed by atoms with van der Waals surface area (Å²) in [6, 6.07) is 1.89. The number of hydrogen-bond acceptors (Lipinski definition) is 2. The van der Waals surface area contributed by atoms with Crippen LogP contribution in [0.3, 0.4) is 0 Å². The van der Waals surface area contributed by atoms with E-state index in [1.165, 1.54) is 0 Å². The van der Waals surface area contributed by atoms with Crippen molar-refractivity contribution in [2.75, 3.05) is 0 Å². The van der Waals surface area contributed by atoms with Crippen molar-refractivity contribution in [2.45, 2.75) is 6.92 Å². The molecule has 12 heavy (non-hydrogen) atoms. The SMILES string of the molecule is Cc1c(Cl)c(Cl)nc(Cl)c1C#N. The lowest BCUT2D eigenvalue weighted by Gasteiger charge is -2.02. The number of nitriles is 1. The van der Waals surface area contributed by atoms with Gasteiger partial charge in [0, 0.05) is 0 Å². The summed E-state index contributed by atoms with van der Waals surface area (Å²) >= 11 is 17.0. The van der Waals surface area contributed by atoms with Crippen molar-refractivity contribution in [3.8, 4) is 6.07 Å². The van der Waals surface area contributed by atoms with Gasteiger partial charge >= 0.3 is 0 Å². The van der Waals surface area contributed by atoms with Crippen molar-refractivity contribution in [3.63, 3.8) is 0 Å². The first kappa shape index (κ1) is 9.60. The van der Waals surface area contributed by atoms with Gasteiger partial charge in [-0.1, -0.05) is 34.8 Å². The summed E-state index contributed by atoms with van der Waals surface area (Å²) < 4.78 is 0. The first-order chi connectivity index (χ1) is 5.57. The van der Waals surface area contributed by atoms with Crippen molar-refractivity contribution in [2.24, 2.45) is 0 Å². The normalized spacial score (nSPS) is 9.58. The highest BCUT2D eigenvalue weighted by Crippen LogP contribution is 2.29. The number of pyridine rings is 1. The van der Waals surface area contributed by atoms with Crippen molar-refractivity contribution in [3.05, 3.63) is 26.5 Å². The van der Waals surface area contributed by atoms with E-state index in [0.717, 1.165) is 0 Å². The molecule has 0 aliphatic rings. The Labute approximate surface area is 84.7 Å². The molecule has 5 heteroatoms. The summed E-state index contributed by atoms with van der Waals surface area (Å²) in [5.41, 5.74) is 0.829. The zero-order valence-corrected chi connectivity index (χ0v) is 8.30. The molecule has 0 spiro atoms. The van der Waals surface area contributed by atoms with Gasteiger partial charge in [0.2, 0.25) is 0 Å². The summed E-state index contributed by atoms with van der Waals surface area (Å²) in [5, 5.41) is 9.12. The van der Waals surface area contributed by atoms with Crippen LogP contribution in [-0.4, -0.2) is 4.98 Å². The van der Waals surface area contributed by atoms with Crippen LogP contribution in [0.2, 0.25) is 15.3 Å². The number of nitrogens with zero attached hydrogens (tertiary/aromatic N) is 2. The van der Waals surface area contributed by atoms with E-state index in [2.05, 4.69) is 4.98 Å². The minimum atomic E-state index is 0.0874. The third-order valence-corrected chi connectivity index (χ3v) is 2.51. The topological polar surface area (TPSA) is 36.7 Å². The fraction of sp³-hybridized carbons (Fsp3) is 0.143. The molecule has 0 atom stereocenters. The molecular formula is C7H3Cl3N2. The second-order valence-electron chi connectivity index (χ2n) is 2.12. The van der Waals surface area contributed by atoms with Crippen molar-refractivity contribution in [1.82, 2.24) is 4.98 Å². The van der Waals surface area contributed by atoms with Gasteiger partial charge < -0.3 is 0 Å². The number of aromatic nitrogens is 1. The van der Waals surface area contributed by atoms with E-state index in [1.54, 1.807) is 6.92 Å². The van der Waals surface area contributed by atoms with Crippen LogP contribution < -0.4 is 0 Å². The van der Waals surface area contributed by atoms with E-state index >= 15 is 0 Å². The number of halogens is 3. The molecule has 2 nitrogen and oxygen atoms in total. The molecule has 0 unspecified atom stereocenters. The largest absolute Gasteiger partial charge is 0.221 e. The maximum atomic E-state index is 8.64. The molecule has 0 saturated carbocycles. The zero-order valence-electron chi connectivity index (χ0n) is 6.03. The van der Waals surface area contributed by atoms with E-state index in [0.29, 0.717) is 5.56 Å². The van der Waals surface area contributed by atoms with Crippen LogP contribution in [0.25, 0.3) is 0 Å². The van der Waals surface area contributed by atoms with Gasteiger partial charge in [0.05, 0.1) is 10.6 Å². The van der Waals surface area contributed by atoms with Gasteiger partial charge in [-0.3, -0.25) is 0 Å². The molecule has 62 valence electrons. The van der Waals surface area contributed by atoms with E-state index in [9.17, 15) is 0 Å². The highest BCUT2D eigenvalue weighted by Gasteiger charge is 2.12. The fourth-order valence-corrected chi connectivity index (χ4v) is 1.42. The van der Waals surface area contributed by atoms with Gasteiger partial charge in [-0.2, -0.15) is 5.26 Å². The highest BCUT2D eigenvalue weighted by molar-refractivity contribution is 6.42. The lowest BCUT2D eigenvalue weighted by Crippen LogP contribution is -1.90. The first-order valence-corrected chi connectivity index (χ1v) is 4.12. The Kier molecular flexibility index (Phi) is 2.79. The standard InChI is InChI=1S/C7H3Cl3N2/c1-3-4(2-11)6(9)12-7(10)5(3)8/h1H3. The Hall–Kier alpha value is -0.490. The highest BCUT2D eigenvalue weighted by atomic mass is 35.5. The molecule has 0 N–H and O–H groups in total. The molecule has 0 saturated heterocycles. The zero-order chi connectivity index (χ0) is 9.30. The Bertz CT molecular complexity index is 368. The molecule has 1 heterocycles. The van der Waals surface area contributed by atoms with Crippen LogP contribution in [0.15, 0.2) is 0 Å². The van der Waals surface area contributed by atoms with Gasteiger partial charge in [-0.25, -0.2) is 4.98 Å². The summed E-state index contributed by atoms with van der Waals surface area (Å²) in [6.07, 6.45) is 0. The maximum absolute atomic E-state index is 8.64. The second-order valence-corrected chi connectivity index (χ2v) is 3.21. The molecule has 1 aromatic heterocycles. The van der Waals surface area contributed by atoms with Crippen LogP contribution >= 0.6 is 34.8 Å². The fourth-order valence-electron chi connectivity index (χ4n) is 0.740. The predicted octanol–water partition coefficient (Wildman–Crippen LogP) is 3.22. The Morgan fingerprint density at radius 3 is 2.33 bits per heavy atom. The van der Waals surface area contributed by atoms with Crippen molar-refractivity contribution in [1.29, 1.82) is 5.26 Å². The number of rotatable bonds is 0. The van der Waals surface area contributed by atoms with Crippen LogP contribution in [0.1, 0.15) is 11.1 Å². The van der Waals surface area contributed by atoms with Crippen LogP contribution in [0.5, 0.6) is 0 Å². The average molecular weight is 221 g/mol. The quantitative estimate of drug-likeness (QED) is 0.631. The Morgan fingerprint density at radius 1 is 1.25 bits per heavy atom. The third kappa shape index (κ3) is 1.49. The van der Waals surface area contributed by atoms with E-state index in [4.69, 9.17) is 40.1 Å². The molecule has 0 aliphatic carbocycles. The minimum absolute atomic E-state index is 0.0874. The molecule has 0 aromatic carbocycles.